The molecule has 0 aliphatic rings. The highest BCUT2D eigenvalue weighted by atomic mass is 16.3. The number of phenols is 6. The molecule has 8 nitrogen and oxygen atoms in total. The summed E-state index contributed by atoms with van der Waals surface area (Å²) in [4.78, 5) is 0. The Morgan fingerprint density at radius 2 is 0.450 bits per heavy atom. The van der Waals surface area contributed by atoms with Gasteiger partial charge in [-0.05, 0) is 0 Å². The monoisotopic (exact) mass is 288 g/mol. The van der Waals surface area contributed by atoms with Gasteiger partial charge < -0.3 is 41.6 Å². The highest BCUT2D eigenvalue weighted by Gasteiger charge is 1.94. The van der Waals surface area contributed by atoms with Crippen LogP contribution >= 0.6 is 0 Å². The van der Waals surface area contributed by atoms with E-state index in [0.29, 0.717) is 0 Å². The minimum Gasteiger partial charge on any atom is -0.508 e. The van der Waals surface area contributed by atoms with Gasteiger partial charge in [0.2, 0.25) is 0 Å². The Morgan fingerprint density at radius 3 is 0.550 bits per heavy atom. The summed E-state index contributed by atoms with van der Waals surface area (Å²) in [5.41, 5.74) is 0. The lowest BCUT2D eigenvalue weighted by molar-refractivity contribution is 0.426. The van der Waals surface area contributed by atoms with Gasteiger partial charge in [-0.1, -0.05) is 0 Å². The lowest BCUT2D eigenvalue weighted by Gasteiger charge is -1.94. The molecule has 0 aromatic heterocycles. The summed E-state index contributed by atoms with van der Waals surface area (Å²) in [6.45, 7) is 0. The second-order valence-electron chi connectivity index (χ2n) is 3.42. The third-order valence-corrected chi connectivity index (χ3v) is 1.77. The third kappa shape index (κ3) is 6.79. The SMILES string of the molecule is O.O.Oc1cc(O)cc(O)c1.Oc1cc(O)cc(O)c1. The minimum atomic E-state index is -0.146. The van der Waals surface area contributed by atoms with Crippen LogP contribution in [0, 0.1) is 0 Å². The Bertz CT molecular complexity index is 391. The highest BCUT2D eigenvalue weighted by molar-refractivity contribution is 5.39. The molecule has 2 rings (SSSR count). The molecule has 0 saturated carbocycles. The Balaban J connectivity index is 0. The number of hydrogen-bond acceptors (Lipinski definition) is 6. The highest BCUT2D eigenvalue weighted by Crippen LogP contribution is 2.24. The average molecular weight is 288 g/mol. The summed E-state index contributed by atoms with van der Waals surface area (Å²) in [5, 5.41) is 52.0. The second kappa shape index (κ2) is 8.29. The Labute approximate surface area is 113 Å². The van der Waals surface area contributed by atoms with Gasteiger partial charge in [0.05, 0.1) is 0 Å². The number of hydrogen-bond donors (Lipinski definition) is 6. The topological polar surface area (TPSA) is 184 Å². The maximum Gasteiger partial charge on any atom is 0.122 e. The molecule has 0 spiro atoms. The van der Waals surface area contributed by atoms with Crippen molar-refractivity contribution in [2.45, 2.75) is 0 Å². The maximum absolute atomic E-state index is 8.67. The van der Waals surface area contributed by atoms with Crippen molar-refractivity contribution in [3.63, 3.8) is 0 Å². The summed E-state index contributed by atoms with van der Waals surface area (Å²) < 4.78 is 0. The van der Waals surface area contributed by atoms with Crippen LogP contribution in [0.2, 0.25) is 0 Å². The average Bonchev–Trinajstić information content (AvgIpc) is 2.12. The zero-order chi connectivity index (χ0) is 13.7. The molecule has 0 amide bonds. The second-order valence-corrected chi connectivity index (χ2v) is 3.42. The summed E-state index contributed by atoms with van der Waals surface area (Å²) in [6, 6.07) is 6.83. The molecule has 0 bridgehead atoms. The third-order valence-electron chi connectivity index (χ3n) is 1.77. The summed E-state index contributed by atoms with van der Waals surface area (Å²) >= 11 is 0. The van der Waals surface area contributed by atoms with Crippen molar-refractivity contribution in [3.05, 3.63) is 36.4 Å². The Hall–Kier alpha value is -2.84. The fraction of sp³-hybridized carbons (Fsp3) is 0. The van der Waals surface area contributed by atoms with E-state index in [2.05, 4.69) is 0 Å². The molecule has 0 aliphatic heterocycles. The number of rotatable bonds is 0. The van der Waals surface area contributed by atoms with Gasteiger partial charge >= 0.3 is 0 Å². The predicted octanol–water partition coefficient (Wildman–Crippen LogP) is -0.0426. The zero-order valence-corrected chi connectivity index (χ0v) is 10.1. The minimum absolute atomic E-state index is 0. The smallest absolute Gasteiger partial charge is 0.122 e. The molecule has 8 heteroatoms. The van der Waals surface area contributed by atoms with Gasteiger partial charge in [-0.25, -0.2) is 0 Å². The van der Waals surface area contributed by atoms with Gasteiger partial charge in [0.15, 0.2) is 0 Å². The van der Waals surface area contributed by atoms with Crippen molar-refractivity contribution < 1.29 is 41.6 Å². The molecule has 0 radical (unpaired) electrons. The first-order valence-corrected chi connectivity index (χ1v) is 4.81. The number of phenolic OH excluding ortho intramolecular Hbond substituents is 6. The Kier molecular flexibility index (Phi) is 8.09. The maximum atomic E-state index is 8.67. The first-order valence-electron chi connectivity index (χ1n) is 4.81. The van der Waals surface area contributed by atoms with E-state index in [1.807, 2.05) is 0 Å². The van der Waals surface area contributed by atoms with Crippen LogP contribution in [0.1, 0.15) is 0 Å². The van der Waals surface area contributed by atoms with E-state index in [9.17, 15) is 0 Å². The molecule has 0 heterocycles. The molecule has 0 saturated heterocycles. The van der Waals surface area contributed by atoms with Crippen molar-refractivity contribution in [1.29, 1.82) is 0 Å². The van der Waals surface area contributed by atoms with Gasteiger partial charge in [-0.2, -0.15) is 0 Å². The fourth-order valence-corrected chi connectivity index (χ4v) is 1.16. The van der Waals surface area contributed by atoms with Crippen molar-refractivity contribution in [2.24, 2.45) is 0 Å². The quantitative estimate of drug-likeness (QED) is 0.394. The molecular formula is C12H16O8. The summed E-state index contributed by atoms with van der Waals surface area (Å²) in [5.74, 6) is -0.875. The lowest BCUT2D eigenvalue weighted by atomic mass is 10.3. The van der Waals surface area contributed by atoms with Gasteiger partial charge in [0, 0.05) is 36.4 Å². The van der Waals surface area contributed by atoms with Crippen LogP contribution in [0.5, 0.6) is 34.5 Å². The molecule has 0 unspecified atom stereocenters. The first kappa shape index (κ1) is 19.5. The Morgan fingerprint density at radius 1 is 0.350 bits per heavy atom. The van der Waals surface area contributed by atoms with E-state index in [-0.39, 0.29) is 45.4 Å². The van der Waals surface area contributed by atoms with E-state index >= 15 is 0 Å². The normalized spacial score (nSPS) is 8.40. The van der Waals surface area contributed by atoms with Gasteiger partial charge in [-0.15, -0.1) is 0 Å². The number of aromatic hydroxyl groups is 6. The van der Waals surface area contributed by atoms with Crippen LogP contribution in [0.15, 0.2) is 36.4 Å². The predicted molar refractivity (Wildman–Crippen MR) is 70.1 cm³/mol. The molecule has 0 atom stereocenters. The first-order chi connectivity index (χ1) is 8.36. The fourth-order valence-electron chi connectivity index (χ4n) is 1.16. The van der Waals surface area contributed by atoms with Crippen LogP contribution in [-0.2, 0) is 0 Å². The molecule has 112 valence electrons. The lowest BCUT2D eigenvalue weighted by Crippen LogP contribution is -1.66. The zero-order valence-electron chi connectivity index (χ0n) is 10.1. The van der Waals surface area contributed by atoms with Crippen LogP contribution in [-0.4, -0.2) is 41.6 Å². The molecule has 2 aromatic rings. The van der Waals surface area contributed by atoms with Crippen molar-refractivity contribution in [1.82, 2.24) is 0 Å². The van der Waals surface area contributed by atoms with Gasteiger partial charge in [-0.3, -0.25) is 0 Å². The number of benzene rings is 2. The summed E-state index contributed by atoms with van der Waals surface area (Å²) in [6.07, 6.45) is 0. The summed E-state index contributed by atoms with van der Waals surface area (Å²) in [7, 11) is 0. The van der Waals surface area contributed by atoms with Crippen molar-refractivity contribution >= 4 is 0 Å². The van der Waals surface area contributed by atoms with E-state index in [1.165, 1.54) is 0 Å². The molecule has 10 N–H and O–H groups in total. The van der Waals surface area contributed by atoms with E-state index in [4.69, 9.17) is 30.6 Å². The van der Waals surface area contributed by atoms with Gasteiger partial charge in [0.25, 0.3) is 0 Å². The van der Waals surface area contributed by atoms with Crippen LogP contribution < -0.4 is 0 Å². The van der Waals surface area contributed by atoms with E-state index < -0.39 is 0 Å². The van der Waals surface area contributed by atoms with Gasteiger partial charge in [0.1, 0.15) is 34.5 Å². The van der Waals surface area contributed by atoms with Crippen molar-refractivity contribution in [2.75, 3.05) is 0 Å². The largest absolute Gasteiger partial charge is 0.508 e. The molecule has 0 fully saturated rings. The van der Waals surface area contributed by atoms with Crippen LogP contribution in [0.4, 0.5) is 0 Å². The van der Waals surface area contributed by atoms with Crippen molar-refractivity contribution in [3.8, 4) is 34.5 Å². The standard InChI is InChI=1S/2C6H6O3.2H2O/c2*7-4-1-5(8)3-6(9)2-4;;/h2*1-3,7-9H;2*1H2. The molecule has 0 aliphatic carbocycles. The van der Waals surface area contributed by atoms with Crippen LogP contribution in [0.3, 0.4) is 0 Å². The molecule has 20 heavy (non-hydrogen) atoms. The molecule has 2 aromatic carbocycles. The molecular weight excluding hydrogens is 272 g/mol. The van der Waals surface area contributed by atoms with E-state index in [0.717, 1.165) is 36.4 Å². The van der Waals surface area contributed by atoms with E-state index in [1.54, 1.807) is 0 Å². The van der Waals surface area contributed by atoms with Crippen LogP contribution in [0.25, 0.3) is 0 Å².